The quantitative estimate of drug-likeness (QED) is 0.638. The summed E-state index contributed by atoms with van der Waals surface area (Å²) in [6.45, 7) is 4.60. The molecule has 0 aliphatic carbocycles. The van der Waals surface area contributed by atoms with Gasteiger partial charge >= 0.3 is 0 Å². The fraction of sp³-hybridized carbons (Fsp3) is 0.300. The van der Waals surface area contributed by atoms with Crippen LogP contribution in [0.5, 0.6) is 5.75 Å². The summed E-state index contributed by atoms with van der Waals surface area (Å²) in [7, 11) is 0. The van der Waals surface area contributed by atoms with Crippen LogP contribution in [-0.2, 0) is 9.59 Å². The maximum Gasteiger partial charge on any atom is 0.243 e. The number of rotatable bonds is 9. The second-order valence-corrected chi connectivity index (χ2v) is 5.76. The maximum atomic E-state index is 12.1. The third-order valence-corrected chi connectivity index (χ3v) is 3.51. The van der Waals surface area contributed by atoms with Gasteiger partial charge in [-0.3, -0.25) is 9.59 Å². The third kappa shape index (κ3) is 6.47. The molecule has 26 heavy (non-hydrogen) atoms. The average molecular weight is 355 g/mol. The molecule has 0 fully saturated rings. The molecule has 2 aromatic carbocycles. The summed E-state index contributed by atoms with van der Waals surface area (Å²) in [5.74, 6) is 0.516. The predicted octanol–water partition coefficient (Wildman–Crippen LogP) is 3.87. The molecule has 0 radical (unpaired) electrons. The third-order valence-electron chi connectivity index (χ3n) is 3.51. The van der Waals surface area contributed by atoms with Gasteiger partial charge in [-0.2, -0.15) is 0 Å². The van der Waals surface area contributed by atoms with Crippen molar-refractivity contribution in [3.05, 3.63) is 48.5 Å². The van der Waals surface area contributed by atoms with E-state index in [0.717, 1.165) is 17.9 Å². The molecule has 0 saturated carbocycles. The first kappa shape index (κ1) is 19.3. The van der Waals surface area contributed by atoms with Crippen molar-refractivity contribution in [2.75, 3.05) is 29.1 Å². The number of amides is 2. The van der Waals surface area contributed by atoms with E-state index >= 15 is 0 Å². The number of hydrogen-bond acceptors (Lipinski definition) is 4. The minimum Gasteiger partial charge on any atom is -0.494 e. The zero-order valence-corrected chi connectivity index (χ0v) is 15.2. The van der Waals surface area contributed by atoms with Crippen molar-refractivity contribution in [2.45, 2.75) is 26.7 Å². The first-order chi connectivity index (χ1) is 12.6. The smallest absolute Gasteiger partial charge is 0.243 e. The van der Waals surface area contributed by atoms with Crippen molar-refractivity contribution in [1.29, 1.82) is 0 Å². The molecule has 0 aliphatic heterocycles. The summed E-state index contributed by atoms with van der Waals surface area (Å²) in [5, 5.41) is 8.67. The largest absolute Gasteiger partial charge is 0.494 e. The summed E-state index contributed by atoms with van der Waals surface area (Å²) < 4.78 is 5.56. The number of hydrogen-bond donors (Lipinski definition) is 3. The van der Waals surface area contributed by atoms with E-state index in [1.165, 1.54) is 0 Å². The van der Waals surface area contributed by atoms with Gasteiger partial charge in [0.05, 0.1) is 13.2 Å². The van der Waals surface area contributed by atoms with Crippen molar-refractivity contribution in [3.8, 4) is 5.75 Å². The van der Waals surface area contributed by atoms with Crippen molar-refractivity contribution < 1.29 is 14.3 Å². The monoisotopic (exact) mass is 355 g/mol. The highest BCUT2D eigenvalue weighted by molar-refractivity contribution is 5.94. The van der Waals surface area contributed by atoms with Gasteiger partial charge in [-0.15, -0.1) is 0 Å². The Morgan fingerprint density at radius 2 is 1.54 bits per heavy atom. The fourth-order valence-electron chi connectivity index (χ4n) is 2.23. The molecule has 2 aromatic rings. The lowest BCUT2D eigenvalue weighted by molar-refractivity contribution is -0.116. The van der Waals surface area contributed by atoms with Crippen LogP contribution in [0.1, 0.15) is 26.7 Å². The first-order valence-corrected chi connectivity index (χ1v) is 8.77. The van der Waals surface area contributed by atoms with Crippen molar-refractivity contribution in [3.63, 3.8) is 0 Å². The Kier molecular flexibility index (Phi) is 7.49. The predicted molar refractivity (Wildman–Crippen MR) is 105 cm³/mol. The van der Waals surface area contributed by atoms with Crippen LogP contribution < -0.4 is 20.7 Å². The van der Waals surface area contributed by atoms with Crippen LogP contribution in [0.4, 0.5) is 17.1 Å². The van der Waals surface area contributed by atoms with E-state index in [-0.39, 0.29) is 18.4 Å². The Balaban J connectivity index is 1.87. The van der Waals surface area contributed by atoms with Gasteiger partial charge in [0.2, 0.25) is 11.8 Å². The number of carbonyl (C=O) groups excluding carboxylic acids is 2. The van der Waals surface area contributed by atoms with Gasteiger partial charge in [0, 0.05) is 29.5 Å². The van der Waals surface area contributed by atoms with Crippen LogP contribution in [0.15, 0.2) is 48.5 Å². The van der Waals surface area contributed by atoms with Crippen LogP contribution in [0.25, 0.3) is 0 Å². The highest BCUT2D eigenvalue weighted by Crippen LogP contribution is 2.18. The highest BCUT2D eigenvalue weighted by atomic mass is 16.5. The van der Waals surface area contributed by atoms with Gasteiger partial charge in [0.1, 0.15) is 5.75 Å². The molecule has 0 bridgehead atoms. The molecule has 0 spiro atoms. The molecule has 0 saturated heterocycles. The number of nitrogens with one attached hydrogen (secondary N) is 3. The molecule has 2 rings (SSSR count). The highest BCUT2D eigenvalue weighted by Gasteiger charge is 2.05. The van der Waals surface area contributed by atoms with Crippen molar-refractivity contribution >= 4 is 28.9 Å². The average Bonchev–Trinajstić information content (AvgIpc) is 2.65. The van der Waals surface area contributed by atoms with E-state index in [4.69, 9.17) is 4.74 Å². The number of benzene rings is 2. The maximum absolute atomic E-state index is 12.1. The SMILES string of the molecule is CCCOc1cccc(NC(=O)CNc2cccc(NC(=O)CC)c2)c1. The van der Waals surface area contributed by atoms with Crippen LogP contribution in [-0.4, -0.2) is 25.0 Å². The Bertz CT molecular complexity index is 747. The standard InChI is InChI=1S/C20H25N3O3/c1-3-11-26-18-10-6-9-17(13-18)23-20(25)14-21-15-7-5-8-16(12-15)22-19(24)4-2/h5-10,12-13,21H,3-4,11,14H2,1-2H3,(H,22,24)(H,23,25). The van der Waals surface area contributed by atoms with E-state index in [1.807, 2.05) is 37.3 Å². The van der Waals surface area contributed by atoms with E-state index in [9.17, 15) is 9.59 Å². The molecule has 0 aromatic heterocycles. The van der Waals surface area contributed by atoms with E-state index in [0.29, 0.717) is 24.4 Å². The van der Waals surface area contributed by atoms with Crippen molar-refractivity contribution in [1.82, 2.24) is 0 Å². The first-order valence-electron chi connectivity index (χ1n) is 8.77. The van der Waals surface area contributed by atoms with E-state index in [1.54, 1.807) is 25.1 Å². The van der Waals surface area contributed by atoms with Gasteiger partial charge in [-0.1, -0.05) is 26.0 Å². The summed E-state index contributed by atoms with van der Waals surface area (Å²) in [5.41, 5.74) is 2.14. The lowest BCUT2D eigenvalue weighted by atomic mass is 10.2. The summed E-state index contributed by atoms with van der Waals surface area (Å²) in [6, 6.07) is 14.6. The lowest BCUT2D eigenvalue weighted by Gasteiger charge is -2.11. The second-order valence-electron chi connectivity index (χ2n) is 5.76. The van der Waals surface area contributed by atoms with Crippen LogP contribution in [0.3, 0.4) is 0 Å². The molecule has 0 aliphatic rings. The molecule has 3 N–H and O–H groups in total. The van der Waals surface area contributed by atoms with Gasteiger partial charge in [0.15, 0.2) is 0 Å². The second kappa shape index (κ2) is 10.1. The number of anilines is 3. The Hall–Kier alpha value is -3.02. The number of carbonyl (C=O) groups is 2. The normalized spacial score (nSPS) is 10.1. The molecule has 6 heteroatoms. The molecular weight excluding hydrogens is 330 g/mol. The molecule has 0 heterocycles. The van der Waals surface area contributed by atoms with Gasteiger partial charge < -0.3 is 20.7 Å². The Morgan fingerprint density at radius 1 is 0.885 bits per heavy atom. The molecule has 6 nitrogen and oxygen atoms in total. The van der Waals surface area contributed by atoms with Crippen LogP contribution in [0, 0.1) is 0 Å². The lowest BCUT2D eigenvalue weighted by Crippen LogP contribution is -2.21. The van der Waals surface area contributed by atoms with Gasteiger partial charge in [-0.25, -0.2) is 0 Å². The van der Waals surface area contributed by atoms with Gasteiger partial charge in [-0.05, 0) is 36.8 Å². The van der Waals surface area contributed by atoms with Gasteiger partial charge in [0.25, 0.3) is 0 Å². The minimum atomic E-state index is -0.166. The summed E-state index contributed by atoms with van der Waals surface area (Å²) in [4.78, 5) is 23.6. The van der Waals surface area contributed by atoms with E-state index < -0.39 is 0 Å². The molecule has 138 valence electrons. The summed E-state index contributed by atoms with van der Waals surface area (Å²) >= 11 is 0. The Labute approximate surface area is 153 Å². The van der Waals surface area contributed by atoms with Crippen LogP contribution >= 0.6 is 0 Å². The Morgan fingerprint density at radius 3 is 2.27 bits per heavy atom. The summed E-state index contributed by atoms with van der Waals surface area (Å²) in [6.07, 6.45) is 1.35. The van der Waals surface area contributed by atoms with E-state index in [2.05, 4.69) is 16.0 Å². The molecule has 0 atom stereocenters. The van der Waals surface area contributed by atoms with Crippen LogP contribution in [0.2, 0.25) is 0 Å². The topological polar surface area (TPSA) is 79.5 Å². The minimum absolute atomic E-state index is 0.0509. The zero-order valence-electron chi connectivity index (χ0n) is 15.2. The molecule has 0 unspecified atom stereocenters. The number of ether oxygens (including phenoxy) is 1. The zero-order chi connectivity index (χ0) is 18.8. The molecular formula is C20H25N3O3. The molecule has 2 amide bonds. The van der Waals surface area contributed by atoms with Crippen molar-refractivity contribution in [2.24, 2.45) is 0 Å². The fourth-order valence-corrected chi connectivity index (χ4v) is 2.23.